The van der Waals surface area contributed by atoms with E-state index in [-0.39, 0.29) is 19.1 Å². The zero-order valence-corrected chi connectivity index (χ0v) is 15.4. The van der Waals surface area contributed by atoms with Crippen LogP contribution in [-0.2, 0) is 25.3 Å². The Morgan fingerprint density at radius 3 is 2.78 bits per heavy atom. The highest BCUT2D eigenvalue weighted by Crippen LogP contribution is 2.50. The number of carbonyl (C=O) groups is 1. The Morgan fingerprint density at radius 1 is 1.41 bits per heavy atom. The van der Waals surface area contributed by atoms with Crippen LogP contribution < -0.4 is 5.73 Å². The number of nitrogen functional groups attached to an aromatic ring is 1. The molecule has 1 atom stereocenters. The Balaban J connectivity index is 1.72. The van der Waals surface area contributed by atoms with Gasteiger partial charge in [-0.05, 0) is 19.8 Å². The molecular formula is C14H20N5O7P. The van der Waals surface area contributed by atoms with E-state index < -0.39 is 31.8 Å². The number of hydrogen-bond donors (Lipinski definition) is 3. The number of fused-ring (bicyclic) bond motifs is 1. The SMILES string of the molecule is CCOC(=O)OCC(OC1(Cn2cnc3cnc(N)nc32)CC1)P(=O)(O)O. The molecule has 0 radical (unpaired) electrons. The van der Waals surface area contributed by atoms with E-state index >= 15 is 0 Å². The molecule has 12 nitrogen and oxygen atoms in total. The second kappa shape index (κ2) is 7.39. The van der Waals surface area contributed by atoms with Crippen molar-refractivity contribution in [3.05, 3.63) is 12.5 Å². The van der Waals surface area contributed by atoms with Gasteiger partial charge in [0.2, 0.25) is 5.95 Å². The summed E-state index contributed by atoms with van der Waals surface area (Å²) in [6.45, 7) is 1.31. The Kier molecular flexibility index (Phi) is 5.33. The predicted octanol–water partition coefficient (Wildman–Crippen LogP) is 0.635. The van der Waals surface area contributed by atoms with E-state index in [1.54, 1.807) is 11.5 Å². The van der Waals surface area contributed by atoms with E-state index in [4.69, 9.17) is 15.2 Å². The Labute approximate surface area is 153 Å². The van der Waals surface area contributed by atoms with Gasteiger partial charge >= 0.3 is 13.8 Å². The third-order valence-electron chi connectivity index (χ3n) is 4.01. The maximum atomic E-state index is 11.7. The van der Waals surface area contributed by atoms with Crippen molar-refractivity contribution in [2.24, 2.45) is 0 Å². The standard InChI is InChI=1S/C14H20N5O7P/c1-2-24-13(20)25-6-10(27(21,22)23)26-14(3-4-14)7-19-8-17-9-5-16-12(15)18-11(9)19/h5,8,10H,2-4,6-7H2,1H3,(H2,15,16,18)(H2,21,22,23). The zero-order chi connectivity index (χ0) is 19.7. The maximum absolute atomic E-state index is 11.7. The number of aromatic nitrogens is 4. The predicted molar refractivity (Wildman–Crippen MR) is 91.6 cm³/mol. The molecule has 2 aromatic rings. The molecule has 3 rings (SSSR count). The lowest BCUT2D eigenvalue weighted by molar-refractivity contribution is -0.0450. The van der Waals surface area contributed by atoms with E-state index in [1.165, 1.54) is 12.5 Å². The molecule has 148 valence electrons. The van der Waals surface area contributed by atoms with Crippen molar-refractivity contribution in [2.45, 2.75) is 37.8 Å². The molecule has 0 bridgehead atoms. The highest BCUT2D eigenvalue weighted by Gasteiger charge is 2.50. The van der Waals surface area contributed by atoms with Crippen molar-refractivity contribution in [3.63, 3.8) is 0 Å². The summed E-state index contributed by atoms with van der Waals surface area (Å²) in [6, 6.07) is 0. The number of imidazole rings is 1. The van der Waals surface area contributed by atoms with Crippen molar-refractivity contribution in [1.29, 1.82) is 0 Å². The van der Waals surface area contributed by atoms with Crippen LogP contribution in [0.4, 0.5) is 10.7 Å². The van der Waals surface area contributed by atoms with Gasteiger partial charge < -0.3 is 34.3 Å². The summed E-state index contributed by atoms with van der Waals surface area (Å²) in [5, 5.41) is 0. The average molecular weight is 401 g/mol. The van der Waals surface area contributed by atoms with Gasteiger partial charge in [0.05, 0.1) is 31.3 Å². The van der Waals surface area contributed by atoms with Gasteiger partial charge in [-0.25, -0.2) is 14.8 Å². The van der Waals surface area contributed by atoms with Crippen molar-refractivity contribution in [3.8, 4) is 0 Å². The monoisotopic (exact) mass is 401 g/mol. The fourth-order valence-electron chi connectivity index (χ4n) is 2.53. The molecule has 4 N–H and O–H groups in total. The minimum Gasteiger partial charge on any atom is -0.435 e. The molecule has 0 amide bonds. The zero-order valence-electron chi connectivity index (χ0n) is 14.5. The number of anilines is 1. The first kappa shape index (κ1) is 19.5. The molecule has 1 unspecified atom stereocenters. The van der Waals surface area contributed by atoms with Gasteiger partial charge in [-0.2, -0.15) is 4.98 Å². The summed E-state index contributed by atoms with van der Waals surface area (Å²) in [5.74, 6) is -1.51. The fraction of sp³-hybridized carbons (Fsp3) is 0.571. The van der Waals surface area contributed by atoms with Gasteiger partial charge in [-0.3, -0.25) is 4.57 Å². The summed E-state index contributed by atoms with van der Waals surface area (Å²) in [5.41, 5.74) is 5.81. The lowest BCUT2D eigenvalue weighted by Crippen LogP contribution is -2.32. The molecule has 0 spiro atoms. The molecule has 0 aromatic carbocycles. The largest absolute Gasteiger partial charge is 0.508 e. The first-order chi connectivity index (χ1) is 12.7. The van der Waals surface area contributed by atoms with Crippen LogP contribution in [0.15, 0.2) is 12.5 Å². The molecule has 2 heterocycles. The first-order valence-electron chi connectivity index (χ1n) is 8.18. The smallest absolute Gasteiger partial charge is 0.435 e. The number of nitrogens with zero attached hydrogens (tertiary/aromatic N) is 4. The minimum atomic E-state index is -4.68. The Bertz CT molecular complexity index is 878. The molecule has 0 saturated heterocycles. The van der Waals surface area contributed by atoms with E-state index in [0.29, 0.717) is 24.0 Å². The van der Waals surface area contributed by atoms with Gasteiger partial charge in [0.1, 0.15) is 12.1 Å². The normalized spacial score (nSPS) is 16.9. The lowest BCUT2D eigenvalue weighted by atomic mass is 10.3. The summed E-state index contributed by atoms with van der Waals surface area (Å²) in [6.07, 6.45) is 3.15. The molecular weight excluding hydrogens is 381 g/mol. The first-order valence-corrected chi connectivity index (χ1v) is 9.86. The molecule has 1 fully saturated rings. The number of nitrogens with two attached hydrogens (primary N) is 1. The third kappa shape index (κ3) is 4.72. The van der Waals surface area contributed by atoms with E-state index in [0.717, 1.165) is 0 Å². The molecule has 1 aliphatic carbocycles. The maximum Gasteiger partial charge on any atom is 0.508 e. The summed E-state index contributed by atoms with van der Waals surface area (Å²) in [4.78, 5) is 42.5. The average Bonchev–Trinajstić information content (AvgIpc) is 3.24. The van der Waals surface area contributed by atoms with Gasteiger partial charge in [-0.1, -0.05) is 0 Å². The van der Waals surface area contributed by atoms with E-state index in [1.807, 2.05) is 0 Å². The highest BCUT2D eigenvalue weighted by molar-refractivity contribution is 7.52. The molecule has 1 saturated carbocycles. The molecule has 13 heteroatoms. The number of hydrogen-bond acceptors (Lipinski definition) is 9. The summed E-state index contributed by atoms with van der Waals surface area (Å²) >= 11 is 0. The van der Waals surface area contributed by atoms with Crippen LogP contribution in [0.2, 0.25) is 0 Å². The Morgan fingerprint density at radius 2 is 2.15 bits per heavy atom. The van der Waals surface area contributed by atoms with Crippen LogP contribution in [0, 0.1) is 0 Å². The number of rotatable bonds is 8. The van der Waals surface area contributed by atoms with Crippen molar-refractivity contribution >= 4 is 30.9 Å². The molecule has 2 aromatic heterocycles. The van der Waals surface area contributed by atoms with Crippen molar-refractivity contribution < 1.29 is 33.4 Å². The fourth-order valence-corrected chi connectivity index (χ4v) is 3.16. The molecule has 0 aliphatic heterocycles. The van der Waals surface area contributed by atoms with Crippen LogP contribution in [0.1, 0.15) is 19.8 Å². The van der Waals surface area contributed by atoms with Gasteiger partial charge in [0.15, 0.2) is 11.5 Å². The van der Waals surface area contributed by atoms with Crippen LogP contribution in [0.25, 0.3) is 11.2 Å². The van der Waals surface area contributed by atoms with Crippen molar-refractivity contribution in [1.82, 2.24) is 19.5 Å². The van der Waals surface area contributed by atoms with Crippen LogP contribution >= 0.6 is 7.60 Å². The minimum absolute atomic E-state index is 0.0862. The van der Waals surface area contributed by atoms with E-state index in [2.05, 4.69) is 19.7 Å². The number of ether oxygens (including phenoxy) is 3. The summed E-state index contributed by atoms with van der Waals surface area (Å²) < 4.78 is 28.4. The number of carbonyl (C=O) groups excluding carboxylic acids is 1. The van der Waals surface area contributed by atoms with Crippen LogP contribution in [0.3, 0.4) is 0 Å². The van der Waals surface area contributed by atoms with Gasteiger partial charge in [-0.15, -0.1) is 0 Å². The quantitative estimate of drug-likeness (QED) is 0.418. The molecule has 1 aliphatic rings. The second-order valence-electron chi connectivity index (χ2n) is 6.15. The second-order valence-corrected chi connectivity index (χ2v) is 7.90. The van der Waals surface area contributed by atoms with Gasteiger partial charge in [0.25, 0.3) is 0 Å². The topological polar surface area (TPSA) is 172 Å². The van der Waals surface area contributed by atoms with Gasteiger partial charge in [0, 0.05) is 0 Å². The van der Waals surface area contributed by atoms with Crippen LogP contribution in [-0.4, -0.2) is 60.1 Å². The highest BCUT2D eigenvalue weighted by atomic mass is 31.2. The Hall–Kier alpha value is -2.27. The van der Waals surface area contributed by atoms with Crippen molar-refractivity contribution in [2.75, 3.05) is 18.9 Å². The summed E-state index contributed by atoms with van der Waals surface area (Å²) in [7, 11) is -4.68. The van der Waals surface area contributed by atoms with Crippen LogP contribution in [0.5, 0.6) is 0 Å². The molecule has 27 heavy (non-hydrogen) atoms. The lowest BCUT2D eigenvalue weighted by Gasteiger charge is -2.25. The van der Waals surface area contributed by atoms with E-state index in [9.17, 15) is 19.1 Å². The third-order valence-corrected chi connectivity index (χ3v) is 5.02.